The first-order valence-electron chi connectivity index (χ1n) is 10.3. The molecule has 182 valence electrons. The number of rotatable bonds is 10. The number of aromatic carboxylic acids is 2. The fourth-order valence-corrected chi connectivity index (χ4v) is 3.69. The van der Waals surface area contributed by atoms with Crippen LogP contribution in [0.1, 0.15) is 31.8 Å². The Morgan fingerprint density at radius 2 is 1.86 bits per heavy atom. The second kappa shape index (κ2) is 11.5. The van der Waals surface area contributed by atoms with Gasteiger partial charge in [-0.15, -0.1) is 0 Å². The smallest absolute Gasteiger partial charge is 0.337 e. The number of hydrogen-bond acceptors (Lipinski definition) is 6. The molecule has 3 aromatic rings. The number of nitrogens with two attached hydrogens (primary N) is 1. The summed E-state index contributed by atoms with van der Waals surface area (Å²) in [6.45, 7) is 0.165. The monoisotopic (exact) mass is 516 g/mol. The van der Waals surface area contributed by atoms with Crippen LogP contribution in [0.25, 0.3) is 11.9 Å². The largest absolute Gasteiger partial charge is 0.492 e. The molecule has 35 heavy (non-hydrogen) atoms. The molecule has 1 heterocycles. The van der Waals surface area contributed by atoms with Crippen molar-refractivity contribution in [3.8, 4) is 5.75 Å². The van der Waals surface area contributed by atoms with Gasteiger partial charge in [0, 0.05) is 36.6 Å². The Hall–Kier alpha value is -3.95. The lowest BCUT2D eigenvalue weighted by Gasteiger charge is -2.13. The van der Waals surface area contributed by atoms with Gasteiger partial charge in [0.15, 0.2) is 0 Å². The summed E-state index contributed by atoms with van der Waals surface area (Å²) in [5, 5.41) is 22.1. The summed E-state index contributed by atoms with van der Waals surface area (Å²) >= 11 is 12.5. The lowest BCUT2D eigenvalue weighted by molar-refractivity contribution is 0.0686. The van der Waals surface area contributed by atoms with Gasteiger partial charge in [-0.1, -0.05) is 35.4 Å². The number of imidazole rings is 1. The quantitative estimate of drug-likeness (QED) is 0.283. The van der Waals surface area contributed by atoms with E-state index in [-0.39, 0.29) is 28.5 Å². The molecule has 0 atom stereocenters. The number of benzene rings is 2. The predicted molar refractivity (Wildman–Crippen MR) is 135 cm³/mol. The highest BCUT2D eigenvalue weighted by Crippen LogP contribution is 2.31. The number of nitrogens with zero attached hydrogens (tertiary/aromatic N) is 2. The van der Waals surface area contributed by atoms with Crippen LogP contribution < -0.4 is 15.8 Å². The van der Waals surface area contributed by atoms with Gasteiger partial charge in [-0.05, 0) is 41.5 Å². The Morgan fingerprint density at radius 1 is 1.14 bits per heavy atom. The first kappa shape index (κ1) is 25.7. The third-order valence-corrected chi connectivity index (χ3v) is 5.64. The molecule has 0 bridgehead atoms. The zero-order valence-corrected chi connectivity index (χ0v) is 20.0. The topological polar surface area (TPSA) is 140 Å². The Kier molecular flexibility index (Phi) is 8.40. The zero-order chi connectivity index (χ0) is 25.5. The molecule has 9 nitrogen and oxygen atoms in total. The van der Waals surface area contributed by atoms with Gasteiger partial charge in [-0.3, -0.25) is 4.57 Å². The normalized spacial score (nSPS) is 11.6. The lowest BCUT2D eigenvalue weighted by atomic mass is 10.1. The van der Waals surface area contributed by atoms with Crippen LogP contribution in [-0.4, -0.2) is 45.4 Å². The third-order valence-electron chi connectivity index (χ3n) is 5.00. The number of allylic oxidation sites excluding steroid dienone is 2. The summed E-state index contributed by atoms with van der Waals surface area (Å²) in [6.07, 6.45) is 9.96. The van der Waals surface area contributed by atoms with Crippen molar-refractivity contribution in [3.05, 3.63) is 87.4 Å². The van der Waals surface area contributed by atoms with Crippen molar-refractivity contribution in [2.24, 2.45) is 5.73 Å². The SMILES string of the molecule is CNc1cc(CCOc2cc(/C=C/C=C(\N)n3ccnc3)c(C(=O)O)cc2Cl)c(Cl)cc1C(=O)O. The van der Waals surface area contributed by atoms with Gasteiger partial charge in [-0.25, -0.2) is 14.6 Å². The molecule has 0 aliphatic rings. The molecule has 0 unspecified atom stereocenters. The molecule has 3 rings (SSSR count). The number of halogens is 2. The Balaban J connectivity index is 1.79. The van der Waals surface area contributed by atoms with Gasteiger partial charge in [0.25, 0.3) is 0 Å². The molecule has 0 saturated carbocycles. The van der Waals surface area contributed by atoms with Crippen molar-refractivity contribution in [2.75, 3.05) is 19.0 Å². The highest BCUT2D eigenvalue weighted by Gasteiger charge is 2.16. The van der Waals surface area contributed by atoms with Crippen LogP contribution in [0.5, 0.6) is 5.75 Å². The van der Waals surface area contributed by atoms with E-state index < -0.39 is 11.9 Å². The molecule has 0 spiro atoms. The summed E-state index contributed by atoms with van der Waals surface area (Å²) in [7, 11) is 1.62. The molecule has 0 amide bonds. The highest BCUT2D eigenvalue weighted by molar-refractivity contribution is 6.32. The van der Waals surface area contributed by atoms with Crippen LogP contribution in [0.4, 0.5) is 5.69 Å². The minimum absolute atomic E-state index is 0.000770. The van der Waals surface area contributed by atoms with E-state index in [4.69, 9.17) is 33.7 Å². The second-order valence-electron chi connectivity index (χ2n) is 7.24. The fourth-order valence-electron chi connectivity index (χ4n) is 3.22. The average Bonchev–Trinajstić information content (AvgIpc) is 3.36. The molecule has 5 N–H and O–H groups in total. The summed E-state index contributed by atoms with van der Waals surface area (Å²) in [5.74, 6) is -1.55. The van der Waals surface area contributed by atoms with Crippen molar-refractivity contribution in [1.29, 1.82) is 0 Å². The number of carboxylic acid groups (broad SMARTS) is 2. The van der Waals surface area contributed by atoms with Crippen molar-refractivity contribution in [3.63, 3.8) is 0 Å². The molecule has 0 aliphatic heterocycles. The van der Waals surface area contributed by atoms with Crippen LogP contribution in [-0.2, 0) is 6.42 Å². The van der Waals surface area contributed by atoms with Crippen molar-refractivity contribution in [1.82, 2.24) is 9.55 Å². The number of carbonyl (C=O) groups is 2. The maximum Gasteiger partial charge on any atom is 0.337 e. The average molecular weight is 517 g/mol. The highest BCUT2D eigenvalue weighted by atomic mass is 35.5. The maximum atomic E-state index is 11.7. The van der Waals surface area contributed by atoms with E-state index in [2.05, 4.69) is 10.3 Å². The second-order valence-corrected chi connectivity index (χ2v) is 8.05. The minimum Gasteiger partial charge on any atom is -0.492 e. The van der Waals surface area contributed by atoms with Crippen LogP contribution in [0, 0.1) is 0 Å². The molecule has 0 fully saturated rings. The standard InChI is InChI=1S/C24H22Cl2N4O5/c1-28-20-9-15(18(25)12-17(20)24(33)34)5-8-35-21-10-14(16(23(31)32)11-19(21)26)3-2-4-22(27)30-7-6-29-13-30/h2-4,6-7,9-13,28H,5,8,27H2,1H3,(H,31,32)(H,33,34)/b3-2+,22-4+. The van der Waals surface area contributed by atoms with Gasteiger partial charge >= 0.3 is 11.9 Å². The summed E-state index contributed by atoms with van der Waals surface area (Å²) < 4.78 is 7.41. The number of aromatic nitrogens is 2. The fraction of sp³-hybridized carbons (Fsp3) is 0.125. The van der Waals surface area contributed by atoms with Gasteiger partial charge in [0.2, 0.25) is 0 Å². The molecule has 11 heteroatoms. The minimum atomic E-state index is -1.14. The summed E-state index contributed by atoms with van der Waals surface area (Å²) in [6, 6.07) is 5.87. The number of anilines is 1. The van der Waals surface area contributed by atoms with Crippen LogP contribution in [0.15, 0.2) is 55.1 Å². The van der Waals surface area contributed by atoms with E-state index in [9.17, 15) is 19.8 Å². The van der Waals surface area contributed by atoms with Crippen molar-refractivity contribution >= 4 is 52.7 Å². The van der Waals surface area contributed by atoms with Crippen LogP contribution in [0.3, 0.4) is 0 Å². The summed E-state index contributed by atoms with van der Waals surface area (Å²) in [4.78, 5) is 27.0. The molecule has 1 aromatic heterocycles. The van der Waals surface area contributed by atoms with Crippen LogP contribution in [0.2, 0.25) is 10.0 Å². The Labute approximate surface area is 211 Å². The maximum absolute atomic E-state index is 11.7. The lowest BCUT2D eigenvalue weighted by Crippen LogP contribution is -2.07. The van der Waals surface area contributed by atoms with E-state index >= 15 is 0 Å². The van der Waals surface area contributed by atoms with Crippen LogP contribution >= 0.6 is 23.2 Å². The number of nitrogens with one attached hydrogen (secondary N) is 1. The number of hydrogen-bond donors (Lipinski definition) is 4. The van der Waals surface area contributed by atoms with Crippen molar-refractivity contribution in [2.45, 2.75) is 6.42 Å². The third kappa shape index (κ3) is 6.34. The van der Waals surface area contributed by atoms with Gasteiger partial charge in [-0.2, -0.15) is 0 Å². The van der Waals surface area contributed by atoms with Gasteiger partial charge in [0.1, 0.15) is 17.9 Å². The number of carboxylic acids is 2. The van der Waals surface area contributed by atoms with E-state index in [1.807, 2.05) is 0 Å². The van der Waals surface area contributed by atoms with Crippen molar-refractivity contribution < 1.29 is 24.5 Å². The van der Waals surface area contributed by atoms with E-state index in [0.717, 1.165) is 0 Å². The molecular formula is C24H22Cl2N4O5. The molecule has 0 radical (unpaired) electrons. The molecule has 0 aliphatic carbocycles. The first-order chi connectivity index (χ1) is 16.7. The zero-order valence-electron chi connectivity index (χ0n) is 18.5. The first-order valence-corrected chi connectivity index (χ1v) is 11.0. The molecule has 0 saturated heterocycles. The van der Waals surface area contributed by atoms with Gasteiger partial charge in [0.05, 0.1) is 22.8 Å². The Morgan fingerprint density at radius 3 is 2.49 bits per heavy atom. The van der Waals surface area contributed by atoms with E-state index in [0.29, 0.717) is 34.1 Å². The van der Waals surface area contributed by atoms with Gasteiger partial charge < -0.3 is 26.0 Å². The number of ether oxygens (including phenoxy) is 1. The summed E-state index contributed by atoms with van der Waals surface area (Å²) in [5.41, 5.74) is 7.50. The molecular weight excluding hydrogens is 495 g/mol. The van der Waals surface area contributed by atoms with E-state index in [1.54, 1.807) is 48.3 Å². The molecule has 2 aromatic carbocycles. The predicted octanol–water partition coefficient (Wildman–Crippen LogP) is 4.72. The Bertz CT molecular complexity index is 1300. The van der Waals surface area contributed by atoms with E-state index in [1.165, 1.54) is 24.5 Å².